The van der Waals surface area contributed by atoms with Crippen LogP contribution in [-0.4, -0.2) is 0 Å². The molecule has 11 rings (SSSR count). The lowest BCUT2D eigenvalue weighted by Crippen LogP contribution is -2.21. The van der Waals surface area contributed by atoms with E-state index in [-0.39, 0.29) is 0 Å². The molecule has 2 heterocycles. The van der Waals surface area contributed by atoms with Gasteiger partial charge < -0.3 is 9.13 Å². The molecular formula is C50H32O2P2. The van der Waals surface area contributed by atoms with Crippen molar-refractivity contribution < 1.29 is 9.13 Å². The fourth-order valence-electron chi connectivity index (χ4n) is 9.12. The molecule has 2 atom stereocenters. The van der Waals surface area contributed by atoms with Crippen molar-refractivity contribution in [1.82, 2.24) is 0 Å². The summed E-state index contributed by atoms with van der Waals surface area (Å²) in [6, 6.07) is 66.6. The molecule has 0 amide bonds. The quantitative estimate of drug-likeness (QED) is 0.134. The van der Waals surface area contributed by atoms with E-state index >= 15 is 9.13 Å². The van der Waals surface area contributed by atoms with E-state index in [1.54, 1.807) is 0 Å². The SMILES string of the molecule is O=P1(c2ccccc2)c2ccccc2-c2cc3c(-c4ccccc4)c4cc5c(cc4c(-c4ccccc4)c3cc21)-c1ccccc1P5(=O)c1ccccc1. The van der Waals surface area contributed by atoms with Crippen molar-refractivity contribution in [2.24, 2.45) is 0 Å². The second-order valence-electron chi connectivity index (χ2n) is 14.2. The Morgan fingerprint density at radius 2 is 0.593 bits per heavy atom. The molecule has 0 bridgehead atoms. The zero-order valence-electron chi connectivity index (χ0n) is 29.2. The van der Waals surface area contributed by atoms with Crippen LogP contribution < -0.4 is 31.8 Å². The van der Waals surface area contributed by atoms with E-state index in [0.29, 0.717) is 0 Å². The molecule has 0 saturated heterocycles. The van der Waals surface area contributed by atoms with E-state index in [1.165, 1.54) is 0 Å². The van der Waals surface area contributed by atoms with Gasteiger partial charge >= 0.3 is 0 Å². The van der Waals surface area contributed by atoms with Crippen molar-refractivity contribution in [2.45, 2.75) is 0 Å². The van der Waals surface area contributed by atoms with Crippen molar-refractivity contribution in [1.29, 1.82) is 0 Å². The highest BCUT2D eigenvalue weighted by Crippen LogP contribution is 2.57. The molecule has 254 valence electrons. The van der Waals surface area contributed by atoms with Crippen LogP contribution in [0.5, 0.6) is 0 Å². The van der Waals surface area contributed by atoms with Gasteiger partial charge in [0.05, 0.1) is 0 Å². The molecule has 9 aromatic carbocycles. The predicted octanol–water partition coefficient (Wildman–Crippen LogP) is 10.6. The maximum atomic E-state index is 15.8. The number of benzene rings is 9. The van der Waals surface area contributed by atoms with Gasteiger partial charge in [0.2, 0.25) is 0 Å². The summed E-state index contributed by atoms with van der Waals surface area (Å²) in [5, 5.41) is 9.44. The van der Waals surface area contributed by atoms with E-state index in [2.05, 4.69) is 84.9 Å². The fourth-order valence-corrected chi connectivity index (χ4v) is 15.3. The third kappa shape index (κ3) is 4.24. The van der Waals surface area contributed by atoms with E-state index in [4.69, 9.17) is 0 Å². The van der Waals surface area contributed by atoms with Crippen LogP contribution in [0.1, 0.15) is 0 Å². The summed E-state index contributed by atoms with van der Waals surface area (Å²) in [7, 11) is -6.42. The Morgan fingerprint density at radius 1 is 0.278 bits per heavy atom. The molecular weight excluding hydrogens is 694 g/mol. The number of hydrogen-bond donors (Lipinski definition) is 0. The molecule has 2 unspecified atom stereocenters. The topological polar surface area (TPSA) is 34.1 Å². The molecule has 2 aliphatic heterocycles. The van der Waals surface area contributed by atoms with Crippen molar-refractivity contribution in [3.8, 4) is 44.5 Å². The molecule has 2 aliphatic rings. The Balaban J connectivity index is 1.35. The molecule has 0 saturated carbocycles. The largest absolute Gasteiger partial charge is 0.309 e. The first-order valence-corrected chi connectivity index (χ1v) is 21.7. The van der Waals surface area contributed by atoms with Gasteiger partial charge in [0, 0.05) is 31.8 Å². The monoisotopic (exact) mass is 726 g/mol. The lowest BCUT2D eigenvalue weighted by Gasteiger charge is -2.22. The zero-order valence-corrected chi connectivity index (χ0v) is 31.0. The Kier molecular flexibility index (Phi) is 6.84. The second kappa shape index (κ2) is 11.7. The van der Waals surface area contributed by atoms with Crippen LogP contribution in [0.2, 0.25) is 0 Å². The van der Waals surface area contributed by atoms with Crippen molar-refractivity contribution in [3.05, 3.63) is 194 Å². The smallest absolute Gasteiger partial charge is 0.172 e. The molecule has 2 nitrogen and oxygen atoms in total. The van der Waals surface area contributed by atoms with Gasteiger partial charge in [0.1, 0.15) is 0 Å². The molecule has 0 radical (unpaired) electrons. The summed E-state index contributed by atoms with van der Waals surface area (Å²) in [5.74, 6) is 0. The summed E-state index contributed by atoms with van der Waals surface area (Å²) in [4.78, 5) is 0. The molecule has 0 spiro atoms. The van der Waals surface area contributed by atoms with E-state index < -0.39 is 14.3 Å². The average molecular weight is 727 g/mol. The predicted molar refractivity (Wildman–Crippen MR) is 229 cm³/mol. The Labute approximate surface area is 314 Å². The highest BCUT2D eigenvalue weighted by molar-refractivity contribution is 7.87. The molecule has 0 N–H and O–H groups in total. The summed E-state index contributed by atoms with van der Waals surface area (Å²) in [6.45, 7) is 0. The number of fused-ring (bicyclic) bond motifs is 8. The Hall–Kier alpha value is -6.04. The van der Waals surface area contributed by atoms with Crippen LogP contribution in [0, 0.1) is 0 Å². The van der Waals surface area contributed by atoms with Crippen LogP contribution in [0.25, 0.3) is 66.1 Å². The first-order chi connectivity index (χ1) is 26.6. The van der Waals surface area contributed by atoms with Crippen molar-refractivity contribution in [2.75, 3.05) is 0 Å². The summed E-state index contributed by atoms with van der Waals surface area (Å²) >= 11 is 0. The summed E-state index contributed by atoms with van der Waals surface area (Å²) < 4.78 is 31.7. The van der Waals surface area contributed by atoms with Gasteiger partial charge in [-0.1, -0.05) is 170 Å². The third-order valence-corrected chi connectivity index (χ3v) is 17.7. The van der Waals surface area contributed by atoms with Crippen LogP contribution >= 0.6 is 14.3 Å². The minimum atomic E-state index is -3.21. The van der Waals surface area contributed by atoms with E-state index in [1.807, 2.05) is 109 Å². The van der Waals surface area contributed by atoms with Crippen LogP contribution in [-0.2, 0) is 9.13 Å². The molecule has 4 heteroatoms. The van der Waals surface area contributed by atoms with Gasteiger partial charge in [-0.3, -0.25) is 0 Å². The van der Waals surface area contributed by atoms with Crippen LogP contribution in [0.4, 0.5) is 0 Å². The molecule has 9 aromatic rings. The van der Waals surface area contributed by atoms with Crippen molar-refractivity contribution in [3.63, 3.8) is 0 Å². The van der Waals surface area contributed by atoms with Gasteiger partial charge in [-0.2, -0.15) is 0 Å². The number of rotatable bonds is 4. The standard InChI is InChI=1S/C50H32O2P2/c51-53(35-21-9-3-10-22-35)46-28-16-14-26-38(46)40-30-42-43(31-47(40)53)49(33-17-5-1-6-18-33)41-29-39-37-25-13-15-27-45(37)54(52,36-23-11-4-12-24-36)48(39)32-44(41)50(42)34-19-7-2-8-20-34/h1-32H. The van der Waals surface area contributed by atoms with Gasteiger partial charge in [0.25, 0.3) is 0 Å². The minimum absolute atomic E-state index is 0.840. The van der Waals surface area contributed by atoms with Crippen LogP contribution in [0.3, 0.4) is 0 Å². The van der Waals surface area contributed by atoms with E-state index in [0.717, 1.165) is 97.9 Å². The van der Waals surface area contributed by atoms with Crippen molar-refractivity contribution >= 4 is 67.7 Å². The zero-order chi connectivity index (χ0) is 36.0. The van der Waals surface area contributed by atoms with Gasteiger partial charge in [0.15, 0.2) is 14.3 Å². The highest BCUT2D eigenvalue weighted by atomic mass is 31.2. The normalized spacial score (nSPS) is 17.9. The van der Waals surface area contributed by atoms with Gasteiger partial charge in [-0.25, -0.2) is 0 Å². The Bertz CT molecular complexity index is 2870. The molecule has 0 fully saturated rings. The molecule has 0 aromatic heterocycles. The Morgan fingerprint density at radius 3 is 0.981 bits per heavy atom. The second-order valence-corrected chi connectivity index (χ2v) is 19.6. The molecule has 54 heavy (non-hydrogen) atoms. The van der Waals surface area contributed by atoms with E-state index in [9.17, 15) is 0 Å². The maximum absolute atomic E-state index is 15.8. The van der Waals surface area contributed by atoms with Crippen LogP contribution in [0.15, 0.2) is 194 Å². The lowest BCUT2D eigenvalue weighted by atomic mass is 9.84. The lowest BCUT2D eigenvalue weighted by molar-refractivity contribution is 0.592. The first kappa shape index (κ1) is 31.5. The summed E-state index contributed by atoms with van der Waals surface area (Å²) in [5.41, 5.74) is 8.36. The van der Waals surface area contributed by atoms with Gasteiger partial charge in [-0.05, 0) is 90.3 Å². The molecule has 0 aliphatic carbocycles. The average Bonchev–Trinajstić information content (AvgIpc) is 3.65. The third-order valence-electron chi connectivity index (χ3n) is 11.5. The number of hydrogen-bond acceptors (Lipinski definition) is 2. The minimum Gasteiger partial charge on any atom is -0.309 e. The van der Waals surface area contributed by atoms with Gasteiger partial charge in [-0.15, -0.1) is 0 Å². The summed E-state index contributed by atoms with van der Waals surface area (Å²) in [6.07, 6.45) is 0. The first-order valence-electron chi connectivity index (χ1n) is 18.3. The fraction of sp³-hybridized carbons (Fsp3) is 0. The highest BCUT2D eigenvalue weighted by Gasteiger charge is 2.43. The maximum Gasteiger partial charge on any atom is 0.172 e.